The van der Waals surface area contributed by atoms with E-state index in [1.807, 2.05) is 13.0 Å². The lowest BCUT2D eigenvalue weighted by atomic mass is 10.2. The minimum atomic E-state index is 0.833. The molecule has 0 saturated heterocycles. The Labute approximate surface area is 149 Å². The molecule has 0 amide bonds. The van der Waals surface area contributed by atoms with Crippen LogP contribution in [0.5, 0.6) is 0 Å². The van der Waals surface area contributed by atoms with E-state index in [4.69, 9.17) is 0 Å². The van der Waals surface area contributed by atoms with Gasteiger partial charge in [0.1, 0.15) is 0 Å². The molecule has 0 N–H and O–H groups in total. The highest BCUT2D eigenvalue weighted by atomic mass is 14.7. The maximum absolute atomic E-state index is 4.02. The molecule has 0 aliphatic rings. The van der Waals surface area contributed by atoms with Gasteiger partial charge in [-0.3, -0.25) is 4.99 Å². The van der Waals surface area contributed by atoms with Crippen LogP contribution in [0, 0.1) is 11.8 Å². The Morgan fingerprint density at radius 1 is 0.913 bits per heavy atom. The SMILES string of the molecule is C=C(C)N=C/C=C(\C)CC.CC(C)C.CCC(C)C.CCCC. The van der Waals surface area contributed by atoms with E-state index in [-0.39, 0.29) is 0 Å². The van der Waals surface area contributed by atoms with Gasteiger partial charge in [-0.1, -0.05) is 93.7 Å². The number of rotatable bonds is 5. The Hall–Kier alpha value is -0.850. The van der Waals surface area contributed by atoms with Crippen LogP contribution in [0.4, 0.5) is 0 Å². The van der Waals surface area contributed by atoms with Crippen molar-refractivity contribution >= 4 is 6.21 Å². The molecule has 0 aromatic rings. The second-order valence-corrected chi connectivity index (χ2v) is 6.91. The Balaban J connectivity index is -0.000000117. The van der Waals surface area contributed by atoms with Crippen molar-refractivity contribution in [3.8, 4) is 0 Å². The highest BCUT2D eigenvalue weighted by molar-refractivity contribution is 5.72. The number of unbranched alkanes of at least 4 members (excludes halogenated alkanes) is 1. The van der Waals surface area contributed by atoms with E-state index in [2.05, 4.69) is 80.8 Å². The van der Waals surface area contributed by atoms with Crippen LogP contribution in [0.2, 0.25) is 0 Å². The van der Waals surface area contributed by atoms with Gasteiger partial charge in [0.2, 0.25) is 0 Å². The van der Waals surface area contributed by atoms with E-state index in [0.717, 1.165) is 24.0 Å². The molecule has 0 aromatic heterocycles. The second-order valence-electron chi connectivity index (χ2n) is 6.91. The molecule has 140 valence electrons. The molecule has 0 atom stereocenters. The molecule has 0 spiro atoms. The lowest BCUT2D eigenvalue weighted by Gasteiger charge is -1.90. The third-order valence-electron chi connectivity index (χ3n) is 2.53. The maximum Gasteiger partial charge on any atom is 0.0300 e. The van der Waals surface area contributed by atoms with Gasteiger partial charge in [-0.25, -0.2) is 0 Å². The summed E-state index contributed by atoms with van der Waals surface area (Å²) in [6.45, 7) is 27.2. The third-order valence-corrected chi connectivity index (χ3v) is 2.53. The zero-order chi connectivity index (χ0) is 19.3. The third kappa shape index (κ3) is 75.3. The predicted molar refractivity (Wildman–Crippen MR) is 114 cm³/mol. The minimum Gasteiger partial charge on any atom is -0.262 e. The first-order chi connectivity index (χ1) is 10.6. The van der Waals surface area contributed by atoms with Gasteiger partial charge >= 0.3 is 0 Å². The summed E-state index contributed by atoms with van der Waals surface area (Å²) in [7, 11) is 0. The molecule has 0 heterocycles. The highest BCUT2D eigenvalue weighted by Gasteiger charge is 1.80. The molecule has 0 rings (SSSR count). The van der Waals surface area contributed by atoms with Crippen LogP contribution in [-0.4, -0.2) is 6.21 Å². The molecule has 0 aliphatic carbocycles. The monoisotopic (exact) mass is 325 g/mol. The summed E-state index contributed by atoms with van der Waals surface area (Å²) >= 11 is 0. The van der Waals surface area contributed by atoms with Gasteiger partial charge in [0.05, 0.1) is 0 Å². The summed E-state index contributed by atoms with van der Waals surface area (Å²) in [5, 5.41) is 0. The molecule has 0 fully saturated rings. The number of allylic oxidation sites excluding steroid dienone is 3. The molecule has 0 aromatic carbocycles. The zero-order valence-electron chi connectivity index (χ0n) is 18.3. The van der Waals surface area contributed by atoms with Crippen molar-refractivity contribution in [2.75, 3.05) is 0 Å². The lowest BCUT2D eigenvalue weighted by Crippen LogP contribution is -1.77. The normalized spacial score (nSPS) is 10.4. The average molecular weight is 326 g/mol. The fourth-order valence-electron chi connectivity index (χ4n) is 0.410. The van der Waals surface area contributed by atoms with Crippen LogP contribution < -0.4 is 0 Å². The molecule has 1 heteroatoms. The van der Waals surface area contributed by atoms with Crippen molar-refractivity contribution in [2.24, 2.45) is 16.8 Å². The van der Waals surface area contributed by atoms with E-state index in [0.29, 0.717) is 0 Å². The number of nitrogens with zero attached hydrogens (tertiary/aromatic N) is 1. The lowest BCUT2D eigenvalue weighted by molar-refractivity contribution is 0.626. The molecule has 0 radical (unpaired) electrons. The summed E-state index contributed by atoms with van der Waals surface area (Å²) in [5.41, 5.74) is 2.19. The first kappa shape index (κ1) is 30.1. The first-order valence-electron chi connectivity index (χ1n) is 9.43. The summed E-state index contributed by atoms with van der Waals surface area (Å²) in [6, 6.07) is 0. The van der Waals surface area contributed by atoms with Gasteiger partial charge in [-0.2, -0.15) is 0 Å². The fourth-order valence-corrected chi connectivity index (χ4v) is 0.410. The largest absolute Gasteiger partial charge is 0.262 e. The van der Waals surface area contributed by atoms with Gasteiger partial charge in [-0.15, -0.1) is 0 Å². The van der Waals surface area contributed by atoms with Crippen LogP contribution in [0.3, 0.4) is 0 Å². The Kier molecular flexibility index (Phi) is 34.1. The van der Waals surface area contributed by atoms with E-state index >= 15 is 0 Å². The van der Waals surface area contributed by atoms with Crippen molar-refractivity contribution in [3.63, 3.8) is 0 Å². The standard InChI is InChI=1S/C9H15N.C5H12.2C4H10/c1-5-9(4)6-7-10-8(2)3;1-4-5(2)3;1-4(2)3;1-3-4-2/h6-7H,2,5H2,1,3-4H3;5H,4H2,1-3H3;4H,1-3H3;3-4H2,1-2H3/b9-6+,10-7?;;;. The van der Waals surface area contributed by atoms with Crippen molar-refractivity contribution in [3.05, 3.63) is 23.9 Å². The van der Waals surface area contributed by atoms with Crippen LogP contribution in [0.15, 0.2) is 28.9 Å². The van der Waals surface area contributed by atoms with Gasteiger partial charge in [-0.05, 0) is 38.2 Å². The predicted octanol–water partition coefficient (Wildman–Crippen LogP) is 8.47. The highest BCUT2D eigenvalue weighted by Crippen LogP contribution is 1.96. The molecule has 0 unspecified atom stereocenters. The summed E-state index contributed by atoms with van der Waals surface area (Å²) in [6.07, 6.45) is 8.83. The molecular formula is C22H47N. The molecule has 0 bridgehead atoms. The average Bonchev–Trinajstić information content (AvgIpc) is 2.46. The fraction of sp³-hybridized carbons (Fsp3) is 0.773. The second kappa shape index (κ2) is 26.1. The van der Waals surface area contributed by atoms with Crippen molar-refractivity contribution in [1.29, 1.82) is 0 Å². The molecular weight excluding hydrogens is 278 g/mol. The number of hydrogen-bond acceptors (Lipinski definition) is 1. The summed E-state index contributed by atoms with van der Waals surface area (Å²) < 4.78 is 0. The van der Waals surface area contributed by atoms with Crippen LogP contribution in [-0.2, 0) is 0 Å². The first-order valence-corrected chi connectivity index (χ1v) is 9.43. The van der Waals surface area contributed by atoms with Gasteiger partial charge in [0, 0.05) is 11.9 Å². The van der Waals surface area contributed by atoms with Crippen molar-refractivity contribution < 1.29 is 0 Å². The quantitative estimate of drug-likeness (QED) is 0.449. The van der Waals surface area contributed by atoms with E-state index in [9.17, 15) is 0 Å². The molecule has 23 heavy (non-hydrogen) atoms. The van der Waals surface area contributed by atoms with Gasteiger partial charge < -0.3 is 0 Å². The van der Waals surface area contributed by atoms with Crippen molar-refractivity contribution in [1.82, 2.24) is 0 Å². The summed E-state index contributed by atoms with van der Waals surface area (Å²) in [5.74, 6) is 1.72. The smallest absolute Gasteiger partial charge is 0.0300 e. The van der Waals surface area contributed by atoms with E-state index in [1.165, 1.54) is 24.8 Å². The molecule has 0 saturated carbocycles. The summed E-state index contributed by atoms with van der Waals surface area (Å²) in [4.78, 5) is 4.02. The van der Waals surface area contributed by atoms with E-state index in [1.54, 1.807) is 6.21 Å². The topological polar surface area (TPSA) is 12.4 Å². The Morgan fingerprint density at radius 3 is 1.43 bits per heavy atom. The van der Waals surface area contributed by atoms with E-state index < -0.39 is 0 Å². The minimum absolute atomic E-state index is 0.833. The van der Waals surface area contributed by atoms with Gasteiger partial charge in [0.25, 0.3) is 0 Å². The molecule has 1 nitrogen and oxygen atoms in total. The number of aliphatic imine (C=N–C) groups is 1. The molecule has 0 aliphatic heterocycles. The Morgan fingerprint density at radius 2 is 1.26 bits per heavy atom. The van der Waals surface area contributed by atoms with Crippen LogP contribution >= 0.6 is 0 Å². The van der Waals surface area contributed by atoms with Crippen LogP contribution in [0.25, 0.3) is 0 Å². The zero-order valence-corrected chi connectivity index (χ0v) is 18.3. The number of hydrogen-bond donors (Lipinski definition) is 0. The van der Waals surface area contributed by atoms with Gasteiger partial charge in [0.15, 0.2) is 0 Å². The maximum atomic E-state index is 4.02. The van der Waals surface area contributed by atoms with Crippen molar-refractivity contribution in [2.45, 2.75) is 102 Å². The van der Waals surface area contributed by atoms with Crippen LogP contribution in [0.1, 0.15) is 102 Å². The Bertz CT molecular complexity index is 265.